The number of hydrogen-bond donors (Lipinski definition) is 5. The molecule has 12 nitrogen and oxygen atoms in total. The lowest BCUT2D eigenvalue weighted by atomic mass is 10.1. The molecule has 0 aliphatic carbocycles. The standard InChI is InChI=1S/C18H22N6O6S/c1-10-14(26)15(27)18(30-10)23-9-24(13-16(19)20-8-21-17(13)23)22-31(28,29)7-6-11-4-2-3-5-12(11)25/h2-8,10,14-15,18,22,25-27H,9H2,1H3,(H2,19,20,21)/b7-6+/t10-,14?,15?,18-/m1/s1. The number of nitrogens with one attached hydrogen (secondary N) is 1. The van der Waals surface area contributed by atoms with Gasteiger partial charge in [-0.3, -0.25) is 5.01 Å². The number of rotatable bonds is 5. The molecule has 0 spiro atoms. The molecule has 2 aromatic rings. The zero-order valence-corrected chi connectivity index (χ0v) is 17.2. The van der Waals surface area contributed by atoms with Crippen LogP contribution >= 0.6 is 0 Å². The molecule has 4 atom stereocenters. The smallest absolute Gasteiger partial charge is 0.250 e. The van der Waals surface area contributed by atoms with Crippen molar-refractivity contribution >= 4 is 33.4 Å². The molecule has 0 bridgehead atoms. The number of nitrogens with zero attached hydrogens (tertiary/aromatic N) is 4. The van der Waals surface area contributed by atoms with Gasteiger partial charge in [-0.05, 0) is 19.1 Å². The van der Waals surface area contributed by atoms with Crippen LogP contribution in [0.4, 0.5) is 17.3 Å². The van der Waals surface area contributed by atoms with E-state index in [-0.39, 0.29) is 29.7 Å². The van der Waals surface area contributed by atoms with Gasteiger partial charge in [0.05, 0.1) is 6.10 Å². The minimum atomic E-state index is -4.03. The van der Waals surface area contributed by atoms with Gasteiger partial charge in [0.25, 0.3) is 10.0 Å². The van der Waals surface area contributed by atoms with Crippen LogP contribution in [0.1, 0.15) is 12.5 Å². The van der Waals surface area contributed by atoms with Gasteiger partial charge >= 0.3 is 0 Å². The Labute approximate surface area is 178 Å². The van der Waals surface area contributed by atoms with Crippen LogP contribution in [0.3, 0.4) is 0 Å². The predicted octanol–water partition coefficient (Wildman–Crippen LogP) is -0.680. The van der Waals surface area contributed by atoms with Gasteiger partial charge in [-0.25, -0.2) is 18.4 Å². The Hall–Kier alpha value is -2.97. The number of hydrazine groups is 1. The zero-order chi connectivity index (χ0) is 22.3. The lowest BCUT2D eigenvalue weighted by Gasteiger charge is -2.27. The SMILES string of the molecule is C[C@H]1O[C@@H](N2CN(NS(=O)(=O)/C=C/c3ccccc3O)c3c(N)ncnc32)C(O)C1O. The number of anilines is 3. The van der Waals surface area contributed by atoms with Gasteiger partial charge in [-0.1, -0.05) is 18.2 Å². The summed E-state index contributed by atoms with van der Waals surface area (Å²) in [6.45, 7) is 1.51. The topological polar surface area (TPSA) is 174 Å². The number of benzene rings is 1. The van der Waals surface area contributed by atoms with Crippen LogP contribution in [-0.2, 0) is 14.8 Å². The van der Waals surface area contributed by atoms with Crippen molar-refractivity contribution in [2.75, 3.05) is 22.3 Å². The average molecular weight is 450 g/mol. The molecule has 3 heterocycles. The van der Waals surface area contributed by atoms with Crippen molar-refractivity contribution in [1.29, 1.82) is 0 Å². The maximum atomic E-state index is 12.6. The highest BCUT2D eigenvalue weighted by Gasteiger charge is 2.47. The minimum Gasteiger partial charge on any atom is -0.507 e. The first-order valence-electron chi connectivity index (χ1n) is 9.33. The summed E-state index contributed by atoms with van der Waals surface area (Å²) in [4.78, 5) is 11.9. The molecule has 2 aliphatic heterocycles. The van der Waals surface area contributed by atoms with Crippen molar-refractivity contribution in [2.24, 2.45) is 0 Å². The second kappa shape index (κ2) is 7.94. The van der Waals surface area contributed by atoms with Crippen molar-refractivity contribution in [3.8, 4) is 5.75 Å². The van der Waals surface area contributed by atoms with Crippen LogP contribution in [0.2, 0.25) is 0 Å². The van der Waals surface area contributed by atoms with Crippen LogP contribution in [0.15, 0.2) is 36.0 Å². The second-order valence-electron chi connectivity index (χ2n) is 7.18. The molecule has 1 fully saturated rings. The van der Waals surface area contributed by atoms with Crippen LogP contribution in [0.25, 0.3) is 6.08 Å². The molecule has 0 saturated carbocycles. The highest BCUT2D eigenvalue weighted by molar-refractivity contribution is 7.92. The summed E-state index contributed by atoms with van der Waals surface area (Å²) in [5.74, 6) is 0.190. The van der Waals surface area contributed by atoms with Gasteiger partial charge in [-0.15, -0.1) is 4.83 Å². The Morgan fingerprint density at radius 3 is 2.68 bits per heavy atom. The molecule has 31 heavy (non-hydrogen) atoms. The van der Waals surface area contributed by atoms with E-state index in [1.807, 2.05) is 0 Å². The van der Waals surface area contributed by atoms with E-state index in [0.717, 1.165) is 5.41 Å². The molecular weight excluding hydrogens is 428 g/mol. The Kier molecular flexibility index (Phi) is 5.45. The molecule has 1 saturated heterocycles. The highest BCUT2D eigenvalue weighted by atomic mass is 32.2. The van der Waals surface area contributed by atoms with E-state index in [1.165, 1.54) is 28.4 Å². The van der Waals surface area contributed by atoms with Crippen LogP contribution in [0, 0.1) is 0 Å². The molecule has 0 amide bonds. The monoisotopic (exact) mass is 450 g/mol. The molecule has 13 heteroatoms. The van der Waals surface area contributed by atoms with E-state index in [0.29, 0.717) is 5.56 Å². The Balaban J connectivity index is 1.60. The number of ether oxygens (including phenoxy) is 1. The van der Waals surface area contributed by atoms with Crippen molar-refractivity contribution in [2.45, 2.75) is 31.5 Å². The fourth-order valence-corrected chi connectivity index (χ4v) is 4.32. The van der Waals surface area contributed by atoms with Gasteiger partial charge in [0.15, 0.2) is 17.9 Å². The van der Waals surface area contributed by atoms with Gasteiger partial charge in [-0.2, -0.15) is 0 Å². The van der Waals surface area contributed by atoms with E-state index in [9.17, 15) is 23.7 Å². The number of hydrogen-bond acceptors (Lipinski definition) is 11. The fraction of sp³-hybridized carbons (Fsp3) is 0.333. The summed E-state index contributed by atoms with van der Waals surface area (Å²) in [5, 5.41) is 32.3. The third kappa shape index (κ3) is 4.00. The Bertz CT molecular complexity index is 1110. The number of phenols is 1. The number of fused-ring (bicyclic) bond motifs is 1. The van der Waals surface area contributed by atoms with E-state index in [4.69, 9.17) is 10.5 Å². The molecule has 1 aromatic carbocycles. The van der Waals surface area contributed by atoms with Crippen LogP contribution < -0.4 is 20.5 Å². The average Bonchev–Trinajstić information content (AvgIpc) is 3.20. The summed E-state index contributed by atoms with van der Waals surface area (Å²) < 4.78 is 30.9. The first kappa shape index (κ1) is 21.3. The van der Waals surface area contributed by atoms with Gasteiger partial charge in [0.2, 0.25) is 0 Å². The lowest BCUT2D eigenvalue weighted by molar-refractivity contribution is 0.0150. The fourth-order valence-electron chi connectivity index (χ4n) is 3.48. The molecule has 0 radical (unpaired) electrons. The molecule has 4 rings (SSSR count). The quantitative estimate of drug-likeness (QED) is 0.390. The van der Waals surface area contributed by atoms with Crippen molar-refractivity contribution in [3.05, 3.63) is 41.6 Å². The van der Waals surface area contributed by atoms with E-state index in [2.05, 4.69) is 14.8 Å². The summed E-state index contributed by atoms with van der Waals surface area (Å²) in [6.07, 6.45) is -1.49. The molecule has 1 aromatic heterocycles. The molecule has 6 N–H and O–H groups in total. The lowest BCUT2D eigenvalue weighted by Crippen LogP contribution is -2.49. The van der Waals surface area contributed by atoms with E-state index < -0.39 is 34.6 Å². The maximum Gasteiger partial charge on any atom is 0.250 e. The Morgan fingerprint density at radius 2 is 2.00 bits per heavy atom. The number of aliphatic hydroxyl groups excluding tert-OH is 2. The number of aliphatic hydroxyl groups is 2. The number of aromatic hydroxyl groups is 1. The molecule has 2 unspecified atom stereocenters. The van der Waals surface area contributed by atoms with Gasteiger partial charge < -0.3 is 30.7 Å². The largest absolute Gasteiger partial charge is 0.507 e. The minimum absolute atomic E-state index is 0.0148. The van der Waals surface area contributed by atoms with Crippen LogP contribution in [-0.4, -0.2) is 64.9 Å². The van der Waals surface area contributed by atoms with E-state index >= 15 is 0 Å². The van der Waals surface area contributed by atoms with Crippen molar-refractivity contribution < 1.29 is 28.5 Å². The summed E-state index contributed by atoms with van der Waals surface area (Å²) >= 11 is 0. The van der Waals surface area contributed by atoms with E-state index in [1.54, 1.807) is 25.1 Å². The third-order valence-electron chi connectivity index (χ3n) is 5.05. The molecule has 166 valence electrons. The number of phenolic OH excluding ortho intramolecular Hbond substituents is 1. The van der Waals surface area contributed by atoms with Crippen LogP contribution in [0.5, 0.6) is 5.75 Å². The number of nitrogens with two attached hydrogens (primary N) is 1. The summed E-state index contributed by atoms with van der Waals surface area (Å²) in [7, 11) is -4.03. The molecule has 2 aliphatic rings. The highest BCUT2D eigenvalue weighted by Crippen LogP contribution is 2.40. The summed E-state index contributed by atoms with van der Waals surface area (Å²) in [6, 6.07) is 6.28. The zero-order valence-electron chi connectivity index (χ0n) is 16.4. The van der Waals surface area contributed by atoms with Crippen molar-refractivity contribution in [3.63, 3.8) is 0 Å². The van der Waals surface area contributed by atoms with Gasteiger partial charge in [0, 0.05) is 11.0 Å². The van der Waals surface area contributed by atoms with Gasteiger partial charge in [0.1, 0.15) is 36.6 Å². The normalized spacial score (nSPS) is 26.0. The molecular formula is C18H22N6O6S. The number of para-hydroxylation sites is 1. The summed E-state index contributed by atoms with van der Waals surface area (Å²) in [5.41, 5.74) is 6.47. The first-order valence-corrected chi connectivity index (χ1v) is 10.9. The number of nitrogen functional groups attached to an aromatic ring is 1. The third-order valence-corrected chi connectivity index (χ3v) is 6.02. The predicted molar refractivity (Wildman–Crippen MR) is 112 cm³/mol. The maximum absolute atomic E-state index is 12.6. The number of sulfonamides is 1. The second-order valence-corrected chi connectivity index (χ2v) is 8.73. The van der Waals surface area contributed by atoms with Crippen molar-refractivity contribution in [1.82, 2.24) is 14.8 Å². The first-order chi connectivity index (χ1) is 14.7. The number of aromatic nitrogens is 2. The Morgan fingerprint density at radius 1 is 1.26 bits per heavy atom.